The van der Waals surface area contributed by atoms with Crippen molar-refractivity contribution >= 4 is 37.5 Å². The van der Waals surface area contributed by atoms with Gasteiger partial charge in [-0.25, -0.2) is 4.39 Å². The summed E-state index contributed by atoms with van der Waals surface area (Å²) in [7, 11) is 0. The summed E-state index contributed by atoms with van der Waals surface area (Å²) in [6.07, 6.45) is 0. The van der Waals surface area contributed by atoms with Gasteiger partial charge in [-0.1, -0.05) is 37.9 Å². The molecule has 0 aliphatic carbocycles. The van der Waals surface area contributed by atoms with Crippen LogP contribution in [0, 0.1) is 12.7 Å². The fourth-order valence-corrected chi connectivity index (χ4v) is 2.42. The zero-order valence-corrected chi connectivity index (χ0v) is 13.0. The van der Waals surface area contributed by atoms with Crippen LogP contribution in [0.15, 0.2) is 45.3 Å². The predicted octanol–water partition coefficient (Wildman–Crippen LogP) is 5.27. The van der Waals surface area contributed by atoms with Gasteiger partial charge in [-0.3, -0.25) is 0 Å². The van der Waals surface area contributed by atoms with Crippen molar-refractivity contribution in [3.8, 4) is 0 Å². The first-order valence-corrected chi connectivity index (χ1v) is 7.09. The van der Waals surface area contributed by atoms with Gasteiger partial charge in [0.05, 0.1) is 0 Å². The lowest BCUT2D eigenvalue weighted by Crippen LogP contribution is -2.03. The lowest BCUT2D eigenvalue weighted by atomic mass is 10.1. The molecule has 0 aliphatic rings. The molecule has 2 aromatic rings. The number of benzene rings is 2. The zero-order chi connectivity index (χ0) is 13.1. The third kappa shape index (κ3) is 3.33. The van der Waals surface area contributed by atoms with Crippen LogP contribution in [-0.4, -0.2) is 0 Å². The molecule has 0 atom stereocenters. The number of rotatable bonds is 3. The molecule has 94 valence electrons. The summed E-state index contributed by atoms with van der Waals surface area (Å²) in [6, 6.07) is 10.9. The Balaban J connectivity index is 2.16. The van der Waals surface area contributed by atoms with Crippen LogP contribution in [0.4, 0.5) is 10.1 Å². The molecule has 2 aromatic carbocycles. The Kier molecular flexibility index (Phi) is 4.40. The van der Waals surface area contributed by atoms with Crippen LogP contribution in [-0.2, 0) is 6.54 Å². The van der Waals surface area contributed by atoms with Gasteiger partial charge in [0, 0.05) is 26.7 Å². The molecule has 0 radical (unpaired) electrons. The molecule has 4 heteroatoms. The third-order valence-corrected chi connectivity index (χ3v) is 3.66. The molecule has 0 spiro atoms. The first-order chi connectivity index (χ1) is 8.56. The van der Waals surface area contributed by atoms with Crippen LogP contribution in [0.1, 0.15) is 11.1 Å². The molecule has 0 bridgehead atoms. The van der Waals surface area contributed by atoms with Crippen LogP contribution in [0.5, 0.6) is 0 Å². The minimum absolute atomic E-state index is 0.196. The van der Waals surface area contributed by atoms with Crippen molar-refractivity contribution < 1.29 is 4.39 Å². The van der Waals surface area contributed by atoms with Gasteiger partial charge in [0.2, 0.25) is 0 Å². The molecule has 0 aromatic heterocycles. The molecule has 0 saturated heterocycles. The maximum absolute atomic E-state index is 13.6. The summed E-state index contributed by atoms with van der Waals surface area (Å²) >= 11 is 6.77. The largest absolute Gasteiger partial charge is 0.381 e. The summed E-state index contributed by atoms with van der Waals surface area (Å²) < 4.78 is 15.5. The van der Waals surface area contributed by atoms with Gasteiger partial charge in [0.15, 0.2) is 0 Å². The molecule has 1 nitrogen and oxygen atoms in total. The Hall–Kier alpha value is -0.870. The van der Waals surface area contributed by atoms with E-state index < -0.39 is 0 Å². The maximum atomic E-state index is 13.6. The van der Waals surface area contributed by atoms with E-state index in [-0.39, 0.29) is 5.82 Å². The number of aryl methyl sites for hydroxylation is 1. The van der Waals surface area contributed by atoms with Crippen molar-refractivity contribution in [2.45, 2.75) is 13.5 Å². The molecular weight excluding hydrogens is 361 g/mol. The molecule has 18 heavy (non-hydrogen) atoms. The fraction of sp³-hybridized carbons (Fsp3) is 0.143. The standard InChI is InChI=1S/C14H12Br2FN/c1-9-2-3-12(16)7-14(9)18-8-10-6-11(15)4-5-13(10)17/h2-7,18H,8H2,1H3. The molecule has 0 saturated carbocycles. The van der Waals surface area contributed by atoms with E-state index in [2.05, 4.69) is 37.2 Å². The van der Waals surface area contributed by atoms with E-state index in [1.54, 1.807) is 12.1 Å². The van der Waals surface area contributed by atoms with Gasteiger partial charge >= 0.3 is 0 Å². The van der Waals surface area contributed by atoms with Crippen molar-refractivity contribution in [3.05, 3.63) is 62.3 Å². The smallest absolute Gasteiger partial charge is 0.128 e. The highest BCUT2D eigenvalue weighted by molar-refractivity contribution is 9.10. The molecule has 0 heterocycles. The summed E-state index contributed by atoms with van der Waals surface area (Å²) in [5.74, 6) is -0.196. The van der Waals surface area contributed by atoms with Gasteiger partial charge < -0.3 is 5.32 Å². The first-order valence-electron chi connectivity index (χ1n) is 5.50. The Bertz CT molecular complexity index is 518. The highest BCUT2D eigenvalue weighted by atomic mass is 79.9. The van der Waals surface area contributed by atoms with E-state index in [0.717, 1.165) is 20.2 Å². The lowest BCUT2D eigenvalue weighted by molar-refractivity contribution is 0.612. The van der Waals surface area contributed by atoms with Crippen molar-refractivity contribution in [1.82, 2.24) is 0 Å². The Morgan fingerprint density at radius 1 is 1.06 bits per heavy atom. The second kappa shape index (κ2) is 5.85. The van der Waals surface area contributed by atoms with Gasteiger partial charge in [0.25, 0.3) is 0 Å². The zero-order valence-electron chi connectivity index (χ0n) is 9.81. The van der Waals surface area contributed by atoms with E-state index in [1.165, 1.54) is 6.07 Å². The summed E-state index contributed by atoms with van der Waals surface area (Å²) in [6.45, 7) is 2.48. The van der Waals surface area contributed by atoms with E-state index in [4.69, 9.17) is 0 Å². The van der Waals surface area contributed by atoms with E-state index in [0.29, 0.717) is 12.1 Å². The molecule has 0 fully saturated rings. The highest BCUT2D eigenvalue weighted by Crippen LogP contribution is 2.22. The number of hydrogen-bond acceptors (Lipinski definition) is 1. The van der Waals surface area contributed by atoms with Crippen LogP contribution < -0.4 is 5.32 Å². The highest BCUT2D eigenvalue weighted by Gasteiger charge is 2.04. The Morgan fingerprint density at radius 3 is 2.50 bits per heavy atom. The monoisotopic (exact) mass is 371 g/mol. The topological polar surface area (TPSA) is 12.0 Å². The second-order valence-electron chi connectivity index (χ2n) is 4.05. The molecular formula is C14H12Br2FN. The Labute approximate surface area is 123 Å². The molecule has 2 rings (SSSR count). The van der Waals surface area contributed by atoms with Crippen molar-refractivity contribution in [3.63, 3.8) is 0 Å². The number of nitrogens with one attached hydrogen (secondary N) is 1. The van der Waals surface area contributed by atoms with Gasteiger partial charge in [0.1, 0.15) is 5.82 Å². The normalized spacial score (nSPS) is 10.4. The first kappa shape index (κ1) is 13.6. The fourth-order valence-electron chi connectivity index (χ4n) is 1.65. The van der Waals surface area contributed by atoms with Crippen LogP contribution in [0.2, 0.25) is 0 Å². The number of anilines is 1. The quantitative estimate of drug-likeness (QED) is 0.773. The van der Waals surface area contributed by atoms with Crippen molar-refractivity contribution in [1.29, 1.82) is 0 Å². The van der Waals surface area contributed by atoms with Crippen LogP contribution in [0.25, 0.3) is 0 Å². The molecule has 1 N–H and O–H groups in total. The van der Waals surface area contributed by atoms with Crippen molar-refractivity contribution in [2.24, 2.45) is 0 Å². The molecule has 0 amide bonds. The molecule has 0 unspecified atom stereocenters. The van der Waals surface area contributed by atoms with Crippen molar-refractivity contribution in [2.75, 3.05) is 5.32 Å². The summed E-state index contributed by atoms with van der Waals surface area (Å²) in [5, 5.41) is 3.25. The summed E-state index contributed by atoms with van der Waals surface area (Å²) in [4.78, 5) is 0. The second-order valence-corrected chi connectivity index (χ2v) is 5.88. The van der Waals surface area contributed by atoms with E-state index in [9.17, 15) is 4.39 Å². The number of hydrogen-bond donors (Lipinski definition) is 1. The molecule has 0 aliphatic heterocycles. The summed E-state index contributed by atoms with van der Waals surface area (Å²) in [5.41, 5.74) is 2.78. The minimum atomic E-state index is -0.196. The third-order valence-electron chi connectivity index (χ3n) is 2.68. The van der Waals surface area contributed by atoms with Crippen LogP contribution in [0.3, 0.4) is 0 Å². The van der Waals surface area contributed by atoms with Gasteiger partial charge in [-0.2, -0.15) is 0 Å². The number of halogens is 3. The average Bonchev–Trinajstić information content (AvgIpc) is 2.34. The van der Waals surface area contributed by atoms with Gasteiger partial charge in [-0.15, -0.1) is 0 Å². The SMILES string of the molecule is Cc1ccc(Br)cc1NCc1cc(Br)ccc1F. The predicted molar refractivity (Wildman–Crippen MR) is 80.3 cm³/mol. The maximum Gasteiger partial charge on any atom is 0.128 e. The minimum Gasteiger partial charge on any atom is -0.381 e. The average molecular weight is 373 g/mol. The lowest BCUT2D eigenvalue weighted by Gasteiger charge is -2.11. The van der Waals surface area contributed by atoms with E-state index in [1.807, 2.05) is 25.1 Å². The Morgan fingerprint density at radius 2 is 1.72 bits per heavy atom. The van der Waals surface area contributed by atoms with Gasteiger partial charge in [-0.05, 0) is 42.8 Å². The van der Waals surface area contributed by atoms with Crippen LogP contribution >= 0.6 is 31.9 Å². The van der Waals surface area contributed by atoms with E-state index >= 15 is 0 Å².